The fourth-order valence-electron chi connectivity index (χ4n) is 7.52. The van der Waals surface area contributed by atoms with E-state index in [1.54, 1.807) is 0 Å². The van der Waals surface area contributed by atoms with Gasteiger partial charge < -0.3 is 4.74 Å². The molecule has 0 bridgehead atoms. The van der Waals surface area contributed by atoms with Crippen LogP contribution in [0.4, 0.5) is 0 Å². The Kier molecular flexibility index (Phi) is 2.34. The summed E-state index contributed by atoms with van der Waals surface area (Å²) in [5, 5.41) is 0. The van der Waals surface area contributed by atoms with E-state index in [-0.39, 0.29) is 11.0 Å². The number of ether oxygens (including phenoxy) is 1. The second-order valence-electron chi connectivity index (χ2n) is 9.14. The van der Waals surface area contributed by atoms with Crippen molar-refractivity contribution in [3.05, 3.63) is 0 Å². The number of rotatable bonds is 0. The molecule has 4 aliphatic carbocycles. The summed E-state index contributed by atoms with van der Waals surface area (Å²) in [5.41, 5.74) is 0.690. The molecule has 5 aliphatic rings. The molecule has 0 aromatic rings. The Balaban J connectivity index is 1.53. The number of hydrogen-bond acceptors (Lipinski definition) is 2. The minimum absolute atomic E-state index is 0.0283. The van der Waals surface area contributed by atoms with Crippen LogP contribution < -0.4 is 0 Å². The van der Waals surface area contributed by atoms with Gasteiger partial charge in [-0.1, -0.05) is 20.3 Å². The van der Waals surface area contributed by atoms with E-state index in [4.69, 9.17) is 4.74 Å². The largest absolute Gasteiger partial charge is 0.365 e. The predicted octanol–water partition coefficient (Wildman–Crippen LogP) is 4.12. The molecular weight excluding hydrogens is 260 g/mol. The molecule has 21 heavy (non-hydrogen) atoms. The molecule has 5 rings (SSSR count). The van der Waals surface area contributed by atoms with Crippen LogP contribution >= 0.6 is 0 Å². The smallest absolute Gasteiger partial charge is 0.139 e. The number of fused-ring (bicyclic) bond motifs is 4. The van der Waals surface area contributed by atoms with Gasteiger partial charge in [-0.05, 0) is 62.7 Å². The lowest BCUT2D eigenvalue weighted by Crippen LogP contribution is -2.57. The third-order valence-electron chi connectivity index (χ3n) is 8.76. The van der Waals surface area contributed by atoms with Gasteiger partial charge in [-0.2, -0.15) is 0 Å². The maximum atomic E-state index is 12.4. The molecule has 7 atom stereocenters. The predicted molar refractivity (Wildman–Crippen MR) is 80.8 cm³/mol. The molecule has 5 fully saturated rings. The van der Waals surface area contributed by atoms with Crippen LogP contribution in [-0.2, 0) is 9.53 Å². The van der Waals surface area contributed by atoms with Crippen LogP contribution in [-0.4, -0.2) is 17.5 Å². The van der Waals surface area contributed by atoms with E-state index in [2.05, 4.69) is 13.8 Å². The van der Waals surface area contributed by atoms with Crippen LogP contribution in [0.25, 0.3) is 0 Å². The Hall–Kier alpha value is -0.370. The molecule has 0 aromatic heterocycles. The van der Waals surface area contributed by atoms with Gasteiger partial charge in [0.2, 0.25) is 0 Å². The van der Waals surface area contributed by atoms with Crippen LogP contribution in [0.5, 0.6) is 0 Å². The molecule has 4 saturated carbocycles. The maximum absolute atomic E-state index is 12.4. The van der Waals surface area contributed by atoms with E-state index in [0.717, 1.165) is 24.7 Å². The van der Waals surface area contributed by atoms with Crippen molar-refractivity contribution in [1.82, 2.24) is 0 Å². The highest BCUT2D eigenvalue weighted by atomic mass is 16.6. The van der Waals surface area contributed by atoms with E-state index in [9.17, 15) is 4.79 Å². The first-order chi connectivity index (χ1) is 10.0. The number of Topliss-reactive ketones (excluding diaryl/α,β-unsaturated/α-hetero) is 1. The molecule has 0 radical (unpaired) electrons. The molecule has 2 heteroatoms. The van der Waals surface area contributed by atoms with Crippen molar-refractivity contribution in [2.75, 3.05) is 0 Å². The molecule has 116 valence electrons. The number of carbonyl (C=O) groups excluding carboxylic acids is 1. The van der Waals surface area contributed by atoms with Gasteiger partial charge in [-0.25, -0.2) is 0 Å². The van der Waals surface area contributed by atoms with E-state index >= 15 is 0 Å². The average Bonchev–Trinajstić information content (AvgIpc) is 3.11. The summed E-state index contributed by atoms with van der Waals surface area (Å²) in [6.45, 7) is 4.83. The zero-order valence-electron chi connectivity index (χ0n) is 13.5. The van der Waals surface area contributed by atoms with Crippen LogP contribution in [0.3, 0.4) is 0 Å². The Morgan fingerprint density at radius 2 is 1.86 bits per heavy atom. The first-order valence-corrected chi connectivity index (χ1v) is 9.22. The lowest BCUT2D eigenvalue weighted by Gasteiger charge is -2.58. The number of ketones is 1. The first kappa shape index (κ1) is 13.1. The fourth-order valence-corrected chi connectivity index (χ4v) is 7.52. The van der Waals surface area contributed by atoms with Gasteiger partial charge >= 0.3 is 0 Å². The monoisotopic (exact) mass is 288 g/mol. The highest BCUT2D eigenvalue weighted by molar-refractivity contribution is 5.87. The third kappa shape index (κ3) is 1.33. The summed E-state index contributed by atoms with van der Waals surface area (Å²) in [5.74, 6) is 2.87. The molecule has 0 aromatic carbocycles. The lowest BCUT2D eigenvalue weighted by molar-refractivity contribution is -0.138. The summed E-state index contributed by atoms with van der Waals surface area (Å²) in [6, 6.07) is 0. The molecule has 2 nitrogen and oxygen atoms in total. The quantitative estimate of drug-likeness (QED) is 0.628. The van der Waals surface area contributed by atoms with Gasteiger partial charge in [0.1, 0.15) is 11.4 Å². The number of epoxide rings is 1. The minimum Gasteiger partial charge on any atom is -0.365 e. The summed E-state index contributed by atoms with van der Waals surface area (Å²) in [6.07, 6.45) is 11.6. The fraction of sp³-hybridized carbons (Fsp3) is 0.947. The van der Waals surface area contributed by atoms with Gasteiger partial charge in [0, 0.05) is 17.3 Å². The van der Waals surface area contributed by atoms with Crippen LogP contribution in [0, 0.1) is 28.6 Å². The van der Waals surface area contributed by atoms with Crippen molar-refractivity contribution in [3.63, 3.8) is 0 Å². The van der Waals surface area contributed by atoms with Crippen molar-refractivity contribution in [3.8, 4) is 0 Å². The summed E-state index contributed by atoms with van der Waals surface area (Å²) < 4.78 is 6.31. The zero-order chi connectivity index (χ0) is 14.5. The van der Waals surface area contributed by atoms with Crippen LogP contribution in [0.2, 0.25) is 0 Å². The summed E-state index contributed by atoms with van der Waals surface area (Å²) in [7, 11) is 0. The van der Waals surface area contributed by atoms with Crippen LogP contribution in [0.15, 0.2) is 0 Å². The standard InChI is InChI=1S/C19H28O2/c1-17-10-8-14-12(13(17)5-6-15(17)20)7-11-19-16(21-19)4-3-9-18(14,19)2/h12-14,16H,3-11H2,1-2H3/t12-,13-,14-,16-,17-,18+,19+/m0/s1. The highest BCUT2D eigenvalue weighted by Gasteiger charge is 2.73. The summed E-state index contributed by atoms with van der Waals surface area (Å²) >= 11 is 0. The summed E-state index contributed by atoms with van der Waals surface area (Å²) in [4.78, 5) is 12.4. The molecule has 1 spiro atoms. The van der Waals surface area contributed by atoms with E-state index in [1.807, 2.05) is 0 Å². The Bertz CT molecular complexity index is 514. The normalized spacial score (nSPS) is 61.5. The molecule has 0 N–H and O–H groups in total. The molecule has 0 amide bonds. The van der Waals surface area contributed by atoms with Gasteiger partial charge in [-0.3, -0.25) is 4.79 Å². The molecule has 1 heterocycles. The first-order valence-electron chi connectivity index (χ1n) is 9.22. The lowest BCUT2D eigenvalue weighted by atomic mass is 9.45. The van der Waals surface area contributed by atoms with Crippen molar-refractivity contribution in [1.29, 1.82) is 0 Å². The van der Waals surface area contributed by atoms with E-state index in [1.165, 1.54) is 44.9 Å². The van der Waals surface area contributed by atoms with E-state index in [0.29, 0.717) is 23.2 Å². The van der Waals surface area contributed by atoms with E-state index < -0.39 is 0 Å². The third-order valence-corrected chi connectivity index (χ3v) is 8.76. The Labute approximate surface area is 128 Å². The maximum Gasteiger partial charge on any atom is 0.139 e. The van der Waals surface area contributed by atoms with Gasteiger partial charge in [0.05, 0.1) is 6.10 Å². The van der Waals surface area contributed by atoms with Crippen molar-refractivity contribution < 1.29 is 9.53 Å². The average molecular weight is 288 g/mol. The zero-order valence-corrected chi connectivity index (χ0v) is 13.5. The molecule has 1 aliphatic heterocycles. The number of carbonyl (C=O) groups is 1. The van der Waals surface area contributed by atoms with Crippen molar-refractivity contribution in [2.24, 2.45) is 28.6 Å². The molecule has 1 saturated heterocycles. The minimum atomic E-state index is 0.0283. The molecular formula is C19H28O2. The van der Waals surface area contributed by atoms with Gasteiger partial charge in [-0.15, -0.1) is 0 Å². The second kappa shape index (κ2) is 3.75. The van der Waals surface area contributed by atoms with Gasteiger partial charge in [0.25, 0.3) is 0 Å². The number of hydrogen-bond donors (Lipinski definition) is 0. The second-order valence-corrected chi connectivity index (χ2v) is 9.14. The van der Waals surface area contributed by atoms with Gasteiger partial charge in [0.15, 0.2) is 0 Å². The van der Waals surface area contributed by atoms with Crippen LogP contribution in [0.1, 0.15) is 71.6 Å². The van der Waals surface area contributed by atoms with Crippen molar-refractivity contribution >= 4 is 5.78 Å². The SMILES string of the molecule is C[C@]12CC[C@H]3[C@@H](CC[C@@]45O[C@H]4CCC[C@]35C)[C@@H]1CCC2=O. The Morgan fingerprint density at radius 1 is 1.00 bits per heavy atom. The topological polar surface area (TPSA) is 29.6 Å². The Morgan fingerprint density at radius 3 is 2.71 bits per heavy atom. The molecule has 0 unspecified atom stereocenters. The van der Waals surface area contributed by atoms with Crippen molar-refractivity contribution in [2.45, 2.75) is 83.3 Å². The highest BCUT2D eigenvalue weighted by Crippen LogP contribution is 2.72.